The Labute approximate surface area is 75.5 Å². The Morgan fingerprint density at radius 2 is 2.33 bits per heavy atom. The summed E-state index contributed by atoms with van der Waals surface area (Å²) in [5.74, 6) is 0.906. The summed E-state index contributed by atoms with van der Waals surface area (Å²) in [6.45, 7) is 2.16. The van der Waals surface area contributed by atoms with Crippen LogP contribution in [0.25, 0.3) is 0 Å². The van der Waals surface area contributed by atoms with Gasteiger partial charge in [0.1, 0.15) is 7.85 Å². The molecule has 1 aliphatic carbocycles. The van der Waals surface area contributed by atoms with Gasteiger partial charge in [-0.2, -0.15) is 0 Å². The van der Waals surface area contributed by atoms with E-state index in [2.05, 4.69) is 11.0 Å². The van der Waals surface area contributed by atoms with Crippen molar-refractivity contribution in [2.24, 2.45) is 5.92 Å². The van der Waals surface area contributed by atoms with Gasteiger partial charge in [-0.1, -0.05) is 24.6 Å². The zero-order chi connectivity index (χ0) is 8.39. The molecule has 0 aromatic rings. The van der Waals surface area contributed by atoms with Crippen molar-refractivity contribution in [3.8, 4) is 0 Å². The first kappa shape index (κ1) is 7.97. The van der Waals surface area contributed by atoms with Gasteiger partial charge in [-0.3, -0.25) is 0 Å². The minimum absolute atomic E-state index is 0.906. The number of allylic oxidation sites excluding steroid dienone is 2. The third kappa shape index (κ3) is 1.57. The molecule has 0 aromatic carbocycles. The normalized spacial score (nSPS) is 23.7. The molecule has 0 aromatic heterocycles. The van der Waals surface area contributed by atoms with Crippen molar-refractivity contribution in [2.45, 2.75) is 19.3 Å². The van der Waals surface area contributed by atoms with Crippen molar-refractivity contribution in [3.63, 3.8) is 0 Å². The summed E-state index contributed by atoms with van der Waals surface area (Å²) < 4.78 is 0. The molecule has 62 valence electrons. The molecule has 0 bridgehead atoms. The monoisotopic (exact) mass is 159 g/mol. The van der Waals surface area contributed by atoms with Crippen LogP contribution in [-0.4, -0.2) is 25.8 Å². The molecule has 2 heteroatoms. The number of rotatable bonds is 2. The molecular weight excluding hydrogens is 145 g/mol. The third-order valence-electron chi connectivity index (χ3n) is 2.80. The van der Waals surface area contributed by atoms with E-state index in [0.29, 0.717) is 0 Å². The number of hydrogen-bond acceptors (Lipinski definition) is 1. The van der Waals surface area contributed by atoms with Crippen molar-refractivity contribution in [1.29, 1.82) is 0 Å². The Hall–Kier alpha value is -0.655. The molecule has 1 heterocycles. The second kappa shape index (κ2) is 3.38. The molecule has 1 nitrogen and oxygen atoms in total. The second-order valence-corrected chi connectivity index (χ2v) is 3.72. The fraction of sp³-hybridized carbons (Fsp3) is 0.600. The van der Waals surface area contributed by atoms with E-state index in [9.17, 15) is 0 Å². The number of nitrogens with zero attached hydrogens (tertiary/aromatic N) is 1. The SMILES string of the molecule is [B]C1=CC=CCN1CC1CCC1. The molecule has 0 saturated heterocycles. The van der Waals surface area contributed by atoms with Gasteiger partial charge in [0, 0.05) is 13.1 Å². The third-order valence-corrected chi connectivity index (χ3v) is 2.80. The van der Waals surface area contributed by atoms with Crippen LogP contribution in [0, 0.1) is 5.92 Å². The van der Waals surface area contributed by atoms with E-state index in [1.165, 1.54) is 19.3 Å². The first-order chi connectivity index (χ1) is 5.86. The van der Waals surface area contributed by atoms with Crippen molar-refractivity contribution in [3.05, 3.63) is 23.8 Å². The van der Waals surface area contributed by atoms with Crippen molar-refractivity contribution in [1.82, 2.24) is 4.90 Å². The smallest absolute Gasteiger partial charge is 0.138 e. The molecule has 0 amide bonds. The van der Waals surface area contributed by atoms with Crippen LogP contribution in [0.1, 0.15) is 19.3 Å². The highest BCUT2D eigenvalue weighted by atomic mass is 15.1. The highest BCUT2D eigenvalue weighted by molar-refractivity contribution is 6.21. The van der Waals surface area contributed by atoms with Crippen LogP contribution >= 0.6 is 0 Å². The second-order valence-electron chi connectivity index (χ2n) is 3.72. The molecule has 1 fully saturated rings. The standard InChI is InChI=1S/C10H14BN/c11-10-6-1-2-7-12(10)8-9-4-3-5-9/h1-2,6,9H,3-5,7-8H2. The molecular formula is C10H14BN. The largest absolute Gasteiger partial charge is 0.380 e. The van der Waals surface area contributed by atoms with Crippen LogP contribution < -0.4 is 0 Å². The minimum Gasteiger partial charge on any atom is -0.380 e. The van der Waals surface area contributed by atoms with Crippen LogP contribution in [0.5, 0.6) is 0 Å². The fourth-order valence-corrected chi connectivity index (χ4v) is 1.73. The molecule has 0 spiro atoms. The topological polar surface area (TPSA) is 3.24 Å². The fourth-order valence-electron chi connectivity index (χ4n) is 1.73. The molecule has 2 radical (unpaired) electrons. The van der Waals surface area contributed by atoms with E-state index in [0.717, 1.165) is 24.6 Å². The Morgan fingerprint density at radius 1 is 1.50 bits per heavy atom. The van der Waals surface area contributed by atoms with Crippen molar-refractivity contribution >= 4 is 7.85 Å². The molecule has 0 atom stereocenters. The molecule has 0 N–H and O–H groups in total. The Bertz CT molecular complexity index is 216. The summed E-state index contributed by atoms with van der Waals surface area (Å²) in [6, 6.07) is 0. The molecule has 1 aliphatic heterocycles. The predicted molar refractivity (Wildman–Crippen MR) is 51.9 cm³/mol. The van der Waals surface area contributed by atoms with E-state index >= 15 is 0 Å². The predicted octanol–water partition coefficient (Wildman–Crippen LogP) is 1.67. The Morgan fingerprint density at radius 3 is 2.92 bits per heavy atom. The summed E-state index contributed by atoms with van der Waals surface area (Å²) in [5.41, 5.74) is 0.935. The Kier molecular flexibility index (Phi) is 2.24. The molecule has 12 heavy (non-hydrogen) atoms. The van der Waals surface area contributed by atoms with Crippen LogP contribution in [0.2, 0.25) is 0 Å². The van der Waals surface area contributed by atoms with Gasteiger partial charge in [0.15, 0.2) is 0 Å². The summed E-state index contributed by atoms with van der Waals surface area (Å²) in [7, 11) is 5.84. The van der Waals surface area contributed by atoms with Crippen molar-refractivity contribution < 1.29 is 0 Å². The van der Waals surface area contributed by atoms with E-state index in [-0.39, 0.29) is 0 Å². The average molecular weight is 159 g/mol. The van der Waals surface area contributed by atoms with E-state index < -0.39 is 0 Å². The van der Waals surface area contributed by atoms with Gasteiger partial charge in [0.05, 0.1) is 0 Å². The maximum Gasteiger partial charge on any atom is 0.138 e. The molecule has 0 unspecified atom stereocenters. The lowest BCUT2D eigenvalue weighted by Crippen LogP contribution is -2.33. The summed E-state index contributed by atoms with van der Waals surface area (Å²) >= 11 is 0. The molecule has 2 rings (SSSR count). The number of hydrogen-bond donors (Lipinski definition) is 0. The first-order valence-corrected chi connectivity index (χ1v) is 4.73. The highest BCUT2D eigenvalue weighted by Gasteiger charge is 2.20. The van der Waals surface area contributed by atoms with E-state index in [1.807, 2.05) is 12.2 Å². The zero-order valence-corrected chi connectivity index (χ0v) is 7.37. The van der Waals surface area contributed by atoms with Crippen LogP contribution in [0.15, 0.2) is 23.8 Å². The van der Waals surface area contributed by atoms with Gasteiger partial charge in [0.25, 0.3) is 0 Å². The highest BCUT2D eigenvalue weighted by Crippen LogP contribution is 2.28. The Balaban J connectivity index is 1.87. The lowest BCUT2D eigenvalue weighted by atomic mass is 9.84. The van der Waals surface area contributed by atoms with Gasteiger partial charge in [-0.25, -0.2) is 0 Å². The lowest BCUT2D eigenvalue weighted by molar-refractivity contribution is 0.229. The zero-order valence-electron chi connectivity index (χ0n) is 7.37. The quantitative estimate of drug-likeness (QED) is 0.554. The van der Waals surface area contributed by atoms with Gasteiger partial charge < -0.3 is 4.90 Å². The van der Waals surface area contributed by atoms with Gasteiger partial charge in [0.2, 0.25) is 0 Å². The van der Waals surface area contributed by atoms with Gasteiger partial charge in [-0.15, -0.1) is 0 Å². The average Bonchev–Trinajstić information content (AvgIpc) is 2.00. The maximum atomic E-state index is 5.84. The van der Waals surface area contributed by atoms with Crippen LogP contribution in [0.4, 0.5) is 0 Å². The summed E-state index contributed by atoms with van der Waals surface area (Å²) in [6.07, 6.45) is 10.4. The lowest BCUT2D eigenvalue weighted by Gasteiger charge is -2.35. The summed E-state index contributed by atoms with van der Waals surface area (Å²) in [4.78, 5) is 2.27. The van der Waals surface area contributed by atoms with E-state index in [1.54, 1.807) is 0 Å². The molecule has 1 saturated carbocycles. The summed E-state index contributed by atoms with van der Waals surface area (Å²) in [5, 5.41) is 0. The molecule has 2 aliphatic rings. The minimum atomic E-state index is 0.906. The maximum absolute atomic E-state index is 5.84. The van der Waals surface area contributed by atoms with Crippen molar-refractivity contribution in [2.75, 3.05) is 13.1 Å². The van der Waals surface area contributed by atoms with Gasteiger partial charge >= 0.3 is 0 Å². The van der Waals surface area contributed by atoms with Crippen LogP contribution in [0.3, 0.4) is 0 Å². The first-order valence-electron chi connectivity index (χ1n) is 4.73. The van der Waals surface area contributed by atoms with Crippen LogP contribution in [-0.2, 0) is 0 Å². The van der Waals surface area contributed by atoms with Gasteiger partial charge in [-0.05, 0) is 24.4 Å². The van der Waals surface area contributed by atoms with E-state index in [4.69, 9.17) is 7.85 Å².